The normalized spacial score (nSPS) is 17.6. The summed E-state index contributed by atoms with van der Waals surface area (Å²) in [5.41, 5.74) is 3.81. The van der Waals surface area contributed by atoms with Crippen molar-refractivity contribution in [3.8, 4) is 0 Å². The van der Waals surface area contributed by atoms with E-state index < -0.39 is 70.9 Å². The van der Waals surface area contributed by atoms with E-state index in [-0.39, 0.29) is 0 Å². The Balaban J connectivity index is 0.000000130. The molecular weight excluding hydrogens is 1290 g/mol. The molecule has 0 radical (unpaired) electrons. The van der Waals surface area contributed by atoms with Crippen LogP contribution < -0.4 is 0 Å². The summed E-state index contributed by atoms with van der Waals surface area (Å²) in [5, 5.41) is 0. The maximum Gasteiger partial charge on any atom is 0.272 e. The number of amides is 12. The predicted molar refractivity (Wildman–Crippen MR) is 332 cm³/mol. The molecule has 0 saturated carbocycles. The van der Waals surface area contributed by atoms with Crippen LogP contribution in [0, 0.1) is 0 Å². The fourth-order valence-electron chi connectivity index (χ4n) is 8.93. The number of rotatable bonds is 9. The Bertz CT molecular complexity index is 2990. The summed E-state index contributed by atoms with van der Waals surface area (Å²) in [4.78, 5) is 147. The summed E-state index contributed by atoms with van der Waals surface area (Å²) < 4.78 is 35.4. The number of hydrogen-bond acceptors (Lipinski definition) is 24. The molecule has 9 aliphatic heterocycles. The molecular formula is C60H48N6O18S6. The van der Waals surface area contributed by atoms with Crippen molar-refractivity contribution in [2.75, 3.05) is 79.3 Å². The molecule has 24 nitrogen and oxygen atoms in total. The average molecular weight is 1330 g/mol. The van der Waals surface area contributed by atoms with E-state index >= 15 is 0 Å². The molecule has 12 amide bonds. The number of carbonyl (C=O) groups excluding carboxylic acids is 12. The summed E-state index contributed by atoms with van der Waals surface area (Å²) in [6.07, 6.45) is 0. The van der Waals surface area contributed by atoms with Crippen LogP contribution in [0.15, 0.2) is 146 Å². The van der Waals surface area contributed by atoms with Crippen molar-refractivity contribution < 1.29 is 86.0 Å². The van der Waals surface area contributed by atoms with Gasteiger partial charge in [-0.3, -0.25) is 57.5 Å². The summed E-state index contributed by atoms with van der Waals surface area (Å²) in [7, 11) is 4.60. The highest BCUT2D eigenvalue weighted by atomic mass is 33.1. The van der Waals surface area contributed by atoms with Crippen molar-refractivity contribution in [2.24, 2.45) is 0 Å². The van der Waals surface area contributed by atoms with Gasteiger partial charge in [-0.05, 0) is 72.8 Å². The quantitative estimate of drug-likeness (QED) is 0.0745. The summed E-state index contributed by atoms with van der Waals surface area (Å²) in [6.45, 7) is 9.33. The molecule has 0 unspecified atom stereocenters. The van der Waals surface area contributed by atoms with Gasteiger partial charge in [0.1, 0.15) is 0 Å². The van der Waals surface area contributed by atoms with Gasteiger partial charge in [0.15, 0.2) is 0 Å². The number of hydrogen-bond donors (Lipinski definition) is 0. The number of ether oxygens (including phenoxy) is 6. The van der Waals surface area contributed by atoms with Gasteiger partial charge in [-0.1, -0.05) is 72.8 Å². The molecule has 6 aromatic carbocycles. The van der Waals surface area contributed by atoms with Crippen LogP contribution in [0.4, 0.5) is 0 Å². The first-order chi connectivity index (χ1) is 43.8. The zero-order chi connectivity index (χ0) is 63.3. The van der Waals surface area contributed by atoms with E-state index in [1.165, 1.54) is 0 Å². The number of benzene rings is 6. The van der Waals surface area contributed by atoms with Crippen molar-refractivity contribution in [3.63, 3.8) is 0 Å². The molecule has 6 aromatic rings. The first-order valence-electron chi connectivity index (χ1n) is 27.2. The van der Waals surface area contributed by atoms with Gasteiger partial charge in [-0.25, -0.2) is 25.8 Å². The lowest BCUT2D eigenvalue weighted by Crippen LogP contribution is -2.25. The molecule has 30 heteroatoms. The van der Waals surface area contributed by atoms with Crippen LogP contribution in [0.1, 0.15) is 124 Å². The van der Waals surface area contributed by atoms with Crippen molar-refractivity contribution in [1.82, 2.24) is 25.8 Å². The van der Waals surface area contributed by atoms with E-state index in [9.17, 15) is 57.5 Å². The van der Waals surface area contributed by atoms with Crippen molar-refractivity contribution >= 4 is 137 Å². The topological polar surface area (TPSA) is 280 Å². The van der Waals surface area contributed by atoms with Crippen LogP contribution in [0.2, 0.25) is 0 Å². The molecule has 9 aliphatic rings. The first kappa shape index (κ1) is 65.0. The Morgan fingerprint density at radius 1 is 0.178 bits per heavy atom. The maximum atomic E-state index is 12.3. The SMILES string of the molecule is C1COCCO1.C1COCCO1.C1COCCO1.O=C1c2ccccc2C(=O)N1SSN1C(=O)c2ccccc2C1=O.O=C1c2ccccc2C(=O)N1SSN1C(=O)c2ccccc2C1=O.O=C1c2ccccc2C(=O)N1SSN1C(=O)c2ccccc2C1=O. The number of carbonyl (C=O) groups is 12. The van der Waals surface area contributed by atoms with E-state index in [1.54, 1.807) is 146 Å². The highest BCUT2D eigenvalue weighted by Gasteiger charge is 2.44. The van der Waals surface area contributed by atoms with Gasteiger partial charge in [0.05, 0.1) is 212 Å². The molecule has 0 spiro atoms. The Kier molecular flexibility index (Phi) is 22.2. The van der Waals surface area contributed by atoms with Crippen molar-refractivity contribution in [3.05, 3.63) is 212 Å². The average Bonchev–Trinajstić information content (AvgIpc) is 1.88. The highest BCUT2D eigenvalue weighted by molar-refractivity contribution is 8.76. The van der Waals surface area contributed by atoms with E-state index in [1.807, 2.05) is 0 Å². The molecule has 3 saturated heterocycles. The van der Waals surface area contributed by atoms with Crippen molar-refractivity contribution in [2.45, 2.75) is 0 Å². The lowest BCUT2D eigenvalue weighted by Gasteiger charge is -2.15. The second-order valence-electron chi connectivity index (χ2n) is 18.8. The van der Waals surface area contributed by atoms with Gasteiger partial charge in [-0.2, -0.15) is 0 Å². The van der Waals surface area contributed by atoms with E-state index in [4.69, 9.17) is 28.4 Å². The molecule has 90 heavy (non-hydrogen) atoms. The van der Waals surface area contributed by atoms with Crippen LogP contribution in [-0.2, 0) is 28.4 Å². The molecule has 0 bridgehead atoms. The zero-order valence-electron chi connectivity index (χ0n) is 46.8. The predicted octanol–water partition coefficient (Wildman–Crippen LogP) is 8.47. The van der Waals surface area contributed by atoms with Gasteiger partial charge in [0.2, 0.25) is 0 Å². The lowest BCUT2D eigenvalue weighted by atomic mass is 10.1. The summed E-state index contributed by atoms with van der Waals surface area (Å²) >= 11 is 0. The van der Waals surface area contributed by atoms with Crippen LogP contribution in [-0.4, -0.2) is 176 Å². The Labute approximate surface area is 536 Å². The minimum Gasteiger partial charge on any atom is -0.377 e. The van der Waals surface area contributed by atoms with Gasteiger partial charge in [0.25, 0.3) is 70.9 Å². The van der Waals surface area contributed by atoms with Gasteiger partial charge in [-0.15, -0.1) is 0 Å². The lowest BCUT2D eigenvalue weighted by molar-refractivity contribution is -0.0334. The van der Waals surface area contributed by atoms with Gasteiger partial charge < -0.3 is 28.4 Å². The standard InChI is InChI=1S/3C16H8N2O4S2.3C4H8O2/c3*19-13-9-5-1-2-6-10(9)14(20)17(13)23-24-18-15(21)11-7-3-4-8-12(11)16(18)22;3*1-2-6-4-3-5-1/h3*1-8H;3*1-4H2. The number of nitrogens with zero attached hydrogens (tertiary/aromatic N) is 6. The number of imide groups is 6. The van der Waals surface area contributed by atoms with Crippen LogP contribution >= 0.6 is 65.9 Å². The Morgan fingerprint density at radius 3 is 0.344 bits per heavy atom. The van der Waals surface area contributed by atoms with E-state index in [0.717, 1.165) is 171 Å². The third kappa shape index (κ3) is 14.3. The van der Waals surface area contributed by atoms with E-state index in [0.29, 0.717) is 66.8 Å². The largest absolute Gasteiger partial charge is 0.377 e. The minimum atomic E-state index is -0.454. The van der Waals surface area contributed by atoms with Crippen LogP contribution in [0.25, 0.3) is 0 Å². The number of fused-ring (bicyclic) bond motifs is 6. The third-order valence-corrected chi connectivity index (χ3v) is 19.7. The zero-order valence-corrected chi connectivity index (χ0v) is 51.7. The third-order valence-electron chi connectivity index (χ3n) is 13.3. The van der Waals surface area contributed by atoms with Gasteiger partial charge in [0, 0.05) is 0 Å². The molecule has 15 rings (SSSR count). The molecule has 0 aromatic heterocycles. The Morgan fingerprint density at radius 2 is 0.267 bits per heavy atom. The van der Waals surface area contributed by atoms with Crippen molar-refractivity contribution in [1.29, 1.82) is 0 Å². The second kappa shape index (κ2) is 30.7. The molecule has 462 valence electrons. The first-order valence-corrected chi connectivity index (χ1v) is 33.3. The van der Waals surface area contributed by atoms with Crippen LogP contribution in [0.5, 0.6) is 0 Å². The summed E-state index contributed by atoms with van der Waals surface area (Å²) in [5.74, 6) is -5.45. The molecule has 0 N–H and O–H groups in total. The van der Waals surface area contributed by atoms with Crippen LogP contribution in [0.3, 0.4) is 0 Å². The molecule has 9 heterocycles. The second-order valence-corrected chi connectivity index (χ2v) is 24.6. The monoisotopic (exact) mass is 1330 g/mol. The maximum absolute atomic E-state index is 12.3. The molecule has 3 fully saturated rings. The Hall–Kier alpha value is -7.98. The molecule has 0 atom stereocenters. The smallest absolute Gasteiger partial charge is 0.272 e. The fraction of sp³-hybridized carbons (Fsp3) is 0.200. The fourth-order valence-corrected chi connectivity index (χ4v) is 15.0. The summed E-state index contributed by atoms with van der Waals surface area (Å²) in [6, 6.07) is 39.0. The minimum absolute atomic E-state index is 0.318. The van der Waals surface area contributed by atoms with Gasteiger partial charge >= 0.3 is 0 Å². The molecule has 0 aliphatic carbocycles. The van der Waals surface area contributed by atoms with E-state index in [2.05, 4.69) is 0 Å². The highest BCUT2D eigenvalue weighted by Crippen LogP contribution is 2.43.